The van der Waals surface area contributed by atoms with Gasteiger partial charge in [-0.1, -0.05) is 6.07 Å². The number of benzene rings is 1. The van der Waals surface area contributed by atoms with Crippen LogP contribution in [0.1, 0.15) is 18.4 Å². The molecule has 112 valence electrons. The fraction of sp³-hybridized carbons (Fsp3) is 0.471. The smallest absolute Gasteiger partial charge is 0.0722 e. The van der Waals surface area contributed by atoms with Gasteiger partial charge in [-0.05, 0) is 62.0 Å². The molecule has 0 saturated carbocycles. The molecule has 0 spiro atoms. The zero-order chi connectivity index (χ0) is 14.7. The average Bonchev–Trinajstić information content (AvgIpc) is 2.52. The van der Waals surface area contributed by atoms with Crippen LogP contribution in [-0.4, -0.2) is 41.2 Å². The fourth-order valence-electron chi connectivity index (χ4n) is 3.26. The normalized spacial score (nSPS) is 17.4. The molecule has 0 atom stereocenters. The van der Waals surface area contributed by atoms with Crippen LogP contribution in [0.2, 0.25) is 0 Å². The van der Waals surface area contributed by atoms with Crippen LogP contribution in [0.3, 0.4) is 0 Å². The molecule has 0 amide bonds. The molecule has 3 rings (SSSR count). The van der Waals surface area contributed by atoms with Crippen molar-refractivity contribution in [3.8, 4) is 0 Å². The fourth-order valence-corrected chi connectivity index (χ4v) is 3.26. The molecule has 1 aromatic carbocycles. The van der Waals surface area contributed by atoms with Gasteiger partial charge in [-0.3, -0.25) is 4.98 Å². The molecule has 2 aromatic rings. The van der Waals surface area contributed by atoms with Gasteiger partial charge in [0.05, 0.1) is 12.1 Å². The first-order valence-corrected chi connectivity index (χ1v) is 7.73. The van der Waals surface area contributed by atoms with Crippen LogP contribution in [0.25, 0.3) is 10.9 Å². The highest BCUT2D eigenvalue weighted by Crippen LogP contribution is 2.28. The Labute approximate surface area is 125 Å². The molecule has 0 unspecified atom stereocenters. The van der Waals surface area contributed by atoms with Crippen molar-refractivity contribution in [2.24, 2.45) is 5.92 Å². The predicted molar refractivity (Wildman–Crippen MR) is 86.1 cm³/mol. The van der Waals surface area contributed by atoms with Gasteiger partial charge in [0.1, 0.15) is 0 Å². The first-order valence-electron chi connectivity index (χ1n) is 7.73. The number of piperidine rings is 1. The maximum absolute atomic E-state index is 8.99. The second kappa shape index (κ2) is 6.41. The summed E-state index contributed by atoms with van der Waals surface area (Å²) in [4.78, 5) is 6.69. The summed E-state index contributed by atoms with van der Waals surface area (Å²) in [6.45, 7) is 3.23. The third-order valence-electron chi connectivity index (χ3n) is 4.55. The minimum absolute atomic E-state index is 0.259. The molecule has 0 aliphatic carbocycles. The van der Waals surface area contributed by atoms with E-state index in [1.54, 1.807) is 6.20 Å². The number of fused-ring (bicyclic) bond motifs is 1. The molecule has 0 radical (unpaired) electrons. The van der Waals surface area contributed by atoms with E-state index in [9.17, 15) is 0 Å². The monoisotopic (exact) mass is 285 g/mol. The van der Waals surface area contributed by atoms with Gasteiger partial charge in [-0.2, -0.15) is 0 Å². The second-order valence-electron chi connectivity index (χ2n) is 5.92. The van der Waals surface area contributed by atoms with Gasteiger partial charge in [0, 0.05) is 23.8 Å². The lowest BCUT2D eigenvalue weighted by atomic mass is 9.89. The van der Waals surface area contributed by atoms with Crippen molar-refractivity contribution in [1.29, 1.82) is 0 Å². The minimum Gasteiger partial charge on any atom is -0.398 e. The number of nitrogens with two attached hydrogens (primary N) is 1. The summed E-state index contributed by atoms with van der Waals surface area (Å²) in [5.41, 5.74) is 9.43. The summed E-state index contributed by atoms with van der Waals surface area (Å²) in [5, 5.41) is 10.1. The van der Waals surface area contributed by atoms with Gasteiger partial charge >= 0.3 is 0 Å². The van der Waals surface area contributed by atoms with Gasteiger partial charge in [-0.25, -0.2) is 0 Å². The zero-order valence-electron chi connectivity index (χ0n) is 12.3. The van der Waals surface area contributed by atoms with Crippen LogP contribution in [0.5, 0.6) is 0 Å². The summed E-state index contributed by atoms with van der Waals surface area (Å²) < 4.78 is 0. The van der Waals surface area contributed by atoms with Crippen molar-refractivity contribution in [1.82, 2.24) is 9.88 Å². The van der Waals surface area contributed by atoms with Crippen molar-refractivity contribution >= 4 is 16.6 Å². The van der Waals surface area contributed by atoms with E-state index in [1.165, 1.54) is 18.4 Å². The first kappa shape index (κ1) is 14.3. The van der Waals surface area contributed by atoms with E-state index in [0.717, 1.165) is 42.6 Å². The van der Waals surface area contributed by atoms with E-state index in [1.807, 2.05) is 12.1 Å². The molecule has 3 N–H and O–H groups in total. The van der Waals surface area contributed by atoms with Gasteiger partial charge in [0.25, 0.3) is 0 Å². The molecule has 2 heterocycles. The number of rotatable bonds is 4. The van der Waals surface area contributed by atoms with Crippen LogP contribution in [0.4, 0.5) is 5.69 Å². The Morgan fingerprint density at radius 2 is 2.05 bits per heavy atom. The van der Waals surface area contributed by atoms with E-state index in [2.05, 4.69) is 22.0 Å². The number of aromatic nitrogens is 1. The second-order valence-corrected chi connectivity index (χ2v) is 5.92. The topological polar surface area (TPSA) is 62.4 Å². The molecule has 1 aliphatic heterocycles. The zero-order valence-corrected chi connectivity index (χ0v) is 12.3. The van der Waals surface area contributed by atoms with E-state index in [4.69, 9.17) is 10.8 Å². The van der Waals surface area contributed by atoms with Crippen LogP contribution >= 0.6 is 0 Å². The molecule has 1 saturated heterocycles. The Bertz CT molecular complexity index is 606. The molecular formula is C17H23N3O. The minimum atomic E-state index is 0.259. The van der Waals surface area contributed by atoms with E-state index in [0.29, 0.717) is 5.92 Å². The van der Waals surface area contributed by atoms with Crippen LogP contribution in [0.15, 0.2) is 30.5 Å². The summed E-state index contributed by atoms with van der Waals surface area (Å²) in [5.74, 6) is 0.691. The first-order chi connectivity index (χ1) is 10.3. The predicted octanol–water partition coefficient (Wildman–Crippen LogP) is 2.06. The van der Waals surface area contributed by atoms with Crippen molar-refractivity contribution in [3.05, 3.63) is 36.0 Å². The molecule has 4 nitrogen and oxygen atoms in total. The highest BCUT2D eigenvalue weighted by atomic mass is 16.3. The largest absolute Gasteiger partial charge is 0.398 e. The van der Waals surface area contributed by atoms with Gasteiger partial charge < -0.3 is 15.7 Å². The summed E-state index contributed by atoms with van der Waals surface area (Å²) in [6, 6.07) is 8.19. The SMILES string of the molecule is Nc1c(CC2CCN(CCO)CC2)ccc2ncccc12. The molecule has 1 fully saturated rings. The number of likely N-dealkylation sites (tertiary alicyclic amines) is 1. The number of hydrogen-bond acceptors (Lipinski definition) is 4. The number of β-amino-alcohol motifs (C(OH)–C–C–N with tert-alkyl or cyclic N) is 1. The van der Waals surface area contributed by atoms with Crippen LogP contribution in [-0.2, 0) is 6.42 Å². The molecule has 1 aliphatic rings. The average molecular weight is 285 g/mol. The number of pyridine rings is 1. The maximum Gasteiger partial charge on any atom is 0.0722 e. The van der Waals surface area contributed by atoms with Crippen molar-refractivity contribution in [2.75, 3.05) is 32.0 Å². The van der Waals surface area contributed by atoms with Crippen LogP contribution in [0, 0.1) is 5.92 Å². The number of aliphatic hydroxyl groups excluding tert-OH is 1. The lowest BCUT2D eigenvalue weighted by Gasteiger charge is -2.31. The third kappa shape index (κ3) is 3.17. The van der Waals surface area contributed by atoms with E-state index < -0.39 is 0 Å². The lowest BCUT2D eigenvalue weighted by molar-refractivity contribution is 0.147. The Kier molecular flexibility index (Phi) is 4.36. The Hall–Kier alpha value is -1.65. The van der Waals surface area contributed by atoms with Gasteiger partial charge in [-0.15, -0.1) is 0 Å². The van der Waals surface area contributed by atoms with E-state index in [-0.39, 0.29) is 6.61 Å². The molecule has 0 bridgehead atoms. The number of hydrogen-bond donors (Lipinski definition) is 2. The van der Waals surface area contributed by atoms with Crippen molar-refractivity contribution in [2.45, 2.75) is 19.3 Å². The standard InChI is InChI=1S/C17H23N3O/c18-17-14(3-4-16-15(17)2-1-7-19-16)12-13-5-8-20(9-6-13)10-11-21/h1-4,7,13,21H,5-6,8-12,18H2. The Morgan fingerprint density at radius 1 is 1.24 bits per heavy atom. The number of anilines is 1. The Balaban J connectivity index is 1.70. The Morgan fingerprint density at radius 3 is 2.81 bits per heavy atom. The summed E-state index contributed by atoms with van der Waals surface area (Å²) in [7, 11) is 0. The number of aliphatic hydroxyl groups is 1. The molecule has 1 aromatic heterocycles. The number of nitrogens with zero attached hydrogens (tertiary/aromatic N) is 2. The highest BCUT2D eigenvalue weighted by molar-refractivity contribution is 5.91. The third-order valence-corrected chi connectivity index (χ3v) is 4.55. The van der Waals surface area contributed by atoms with E-state index >= 15 is 0 Å². The van der Waals surface area contributed by atoms with Gasteiger partial charge in [0.2, 0.25) is 0 Å². The highest BCUT2D eigenvalue weighted by Gasteiger charge is 2.20. The summed E-state index contributed by atoms with van der Waals surface area (Å²) in [6.07, 6.45) is 5.22. The van der Waals surface area contributed by atoms with Crippen LogP contribution < -0.4 is 5.73 Å². The number of nitrogen functional groups attached to an aromatic ring is 1. The van der Waals surface area contributed by atoms with Crippen molar-refractivity contribution < 1.29 is 5.11 Å². The molecule has 21 heavy (non-hydrogen) atoms. The lowest BCUT2D eigenvalue weighted by Crippen LogP contribution is -2.36. The quantitative estimate of drug-likeness (QED) is 0.844. The maximum atomic E-state index is 8.99. The summed E-state index contributed by atoms with van der Waals surface area (Å²) >= 11 is 0. The molecular weight excluding hydrogens is 262 g/mol. The molecule has 4 heteroatoms. The van der Waals surface area contributed by atoms with Gasteiger partial charge in [0.15, 0.2) is 0 Å². The van der Waals surface area contributed by atoms with Crippen molar-refractivity contribution in [3.63, 3.8) is 0 Å².